The van der Waals surface area contributed by atoms with Gasteiger partial charge in [0.15, 0.2) is 6.10 Å². The third-order valence-corrected chi connectivity index (χ3v) is 2.56. The van der Waals surface area contributed by atoms with Crippen LogP contribution in [0, 0.1) is 10.1 Å². The lowest BCUT2D eigenvalue weighted by molar-refractivity contribution is -0.384. The summed E-state index contributed by atoms with van der Waals surface area (Å²) in [6, 6.07) is 4.67. The van der Waals surface area contributed by atoms with Crippen molar-refractivity contribution in [3.63, 3.8) is 0 Å². The number of amides is 2. The quantitative estimate of drug-likeness (QED) is 0.334. The Morgan fingerprint density at radius 2 is 2.05 bits per heavy atom. The standard InChI is InChI=1S/C11H13N3O5/c12-11(17)10(16)9(13-6-15)5-7-1-3-8(4-2-7)14(18)19/h1-4,6,9-10,16H,5H2,(H2,12,17)(H,13,15). The van der Waals surface area contributed by atoms with Gasteiger partial charge < -0.3 is 16.2 Å². The highest BCUT2D eigenvalue weighted by atomic mass is 16.6. The summed E-state index contributed by atoms with van der Waals surface area (Å²) in [5.74, 6) is -0.957. The second-order valence-electron chi connectivity index (χ2n) is 3.87. The van der Waals surface area contributed by atoms with Gasteiger partial charge in [0.05, 0.1) is 11.0 Å². The van der Waals surface area contributed by atoms with Crippen molar-refractivity contribution in [3.05, 3.63) is 39.9 Å². The van der Waals surface area contributed by atoms with E-state index < -0.39 is 23.0 Å². The highest BCUT2D eigenvalue weighted by molar-refractivity contribution is 5.79. The Labute approximate surface area is 108 Å². The molecule has 1 aromatic rings. The van der Waals surface area contributed by atoms with E-state index in [9.17, 15) is 24.8 Å². The van der Waals surface area contributed by atoms with Crippen molar-refractivity contribution in [1.82, 2.24) is 5.32 Å². The number of nitro benzene ring substituents is 1. The summed E-state index contributed by atoms with van der Waals surface area (Å²) in [5.41, 5.74) is 5.50. The van der Waals surface area contributed by atoms with Gasteiger partial charge in [0.25, 0.3) is 5.69 Å². The maximum atomic E-state index is 10.9. The molecular weight excluding hydrogens is 254 g/mol. The molecule has 2 amide bonds. The summed E-state index contributed by atoms with van der Waals surface area (Å²) in [6.45, 7) is 0. The molecule has 0 aliphatic rings. The number of rotatable bonds is 7. The minimum Gasteiger partial charge on any atom is -0.381 e. The summed E-state index contributed by atoms with van der Waals surface area (Å²) >= 11 is 0. The molecule has 8 heteroatoms. The zero-order valence-electron chi connectivity index (χ0n) is 9.85. The molecule has 102 valence electrons. The maximum absolute atomic E-state index is 10.9. The second-order valence-corrected chi connectivity index (χ2v) is 3.87. The lowest BCUT2D eigenvalue weighted by Gasteiger charge is -2.19. The number of aliphatic hydroxyl groups excluding tert-OH is 1. The molecule has 0 bridgehead atoms. The number of non-ortho nitro benzene ring substituents is 1. The van der Waals surface area contributed by atoms with Crippen LogP contribution in [0.3, 0.4) is 0 Å². The molecule has 19 heavy (non-hydrogen) atoms. The molecule has 1 aromatic carbocycles. The fraction of sp³-hybridized carbons (Fsp3) is 0.273. The van der Waals surface area contributed by atoms with Crippen LogP contribution in [0.5, 0.6) is 0 Å². The minimum atomic E-state index is -1.53. The molecule has 1 rings (SSSR count). The summed E-state index contributed by atoms with van der Waals surface area (Å²) < 4.78 is 0. The van der Waals surface area contributed by atoms with Gasteiger partial charge in [0.2, 0.25) is 12.3 Å². The first-order valence-electron chi connectivity index (χ1n) is 5.36. The molecule has 0 fully saturated rings. The molecule has 8 nitrogen and oxygen atoms in total. The van der Waals surface area contributed by atoms with Crippen LogP contribution in [0.15, 0.2) is 24.3 Å². The highest BCUT2D eigenvalue weighted by Crippen LogP contribution is 2.14. The third-order valence-electron chi connectivity index (χ3n) is 2.56. The van der Waals surface area contributed by atoms with E-state index in [4.69, 9.17) is 5.73 Å². The van der Waals surface area contributed by atoms with Crippen molar-refractivity contribution in [2.24, 2.45) is 5.73 Å². The second kappa shape index (κ2) is 6.45. The van der Waals surface area contributed by atoms with Gasteiger partial charge in [-0.3, -0.25) is 19.7 Å². The number of nitrogens with one attached hydrogen (secondary N) is 1. The third kappa shape index (κ3) is 4.03. The number of primary amides is 1. The molecular formula is C11H13N3O5. The van der Waals surface area contributed by atoms with Crippen LogP contribution < -0.4 is 11.1 Å². The molecule has 0 saturated carbocycles. The molecule has 0 saturated heterocycles. The van der Waals surface area contributed by atoms with E-state index in [-0.39, 0.29) is 12.1 Å². The van der Waals surface area contributed by atoms with Gasteiger partial charge in [-0.2, -0.15) is 0 Å². The summed E-state index contributed by atoms with van der Waals surface area (Å²) in [4.78, 5) is 31.2. The Morgan fingerprint density at radius 3 is 2.47 bits per heavy atom. The van der Waals surface area contributed by atoms with Crippen LogP contribution in [0.25, 0.3) is 0 Å². The number of nitrogens with zero attached hydrogens (tertiary/aromatic N) is 1. The summed E-state index contributed by atoms with van der Waals surface area (Å²) in [6.07, 6.45) is -1.05. The number of hydrogen-bond donors (Lipinski definition) is 3. The molecule has 0 aromatic heterocycles. The van der Waals surface area contributed by atoms with Crippen molar-refractivity contribution in [2.75, 3.05) is 0 Å². The van der Waals surface area contributed by atoms with Crippen LogP contribution in [-0.4, -0.2) is 34.5 Å². The van der Waals surface area contributed by atoms with Crippen LogP contribution >= 0.6 is 0 Å². The van der Waals surface area contributed by atoms with Gasteiger partial charge in [-0.25, -0.2) is 0 Å². The van der Waals surface area contributed by atoms with E-state index in [0.29, 0.717) is 12.0 Å². The molecule has 0 spiro atoms. The zero-order chi connectivity index (χ0) is 14.4. The molecule has 0 heterocycles. The van der Waals surface area contributed by atoms with Crippen molar-refractivity contribution in [2.45, 2.75) is 18.6 Å². The number of aliphatic hydroxyl groups is 1. The monoisotopic (exact) mass is 267 g/mol. The average molecular weight is 267 g/mol. The van der Waals surface area contributed by atoms with Gasteiger partial charge >= 0.3 is 0 Å². The molecule has 0 aliphatic carbocycles. The van der Waals surface area contributed by atoms with Gasteiger partial charge in [0.1, 0.15) is 0 Å². The normalized spacial score (nSPS) is 13.3. The van der Waals surface area contributed by atoms with Crippen molar-refractivity contribution in [1.29, 1.82) is 0 Å². The Morgan fingerprint density at radius 1 is 1.47 bits per heavy atom. The van der Waals surface area contributed by atoms with Gasteiger partial charge in [0, 0.05) is 12.1 Å². The number of benzene rings is 1. The smallest absolute Gasteiger partial charge is 0.269 e. The number of hydrogen-bond acceptors (Lipinski definition) is 5. The fourth-order valence-electron chi connectivity index (χ4n) is 1.56. The minimum absolute atomic E-state index is 0.0703. The number of carbonyl (C=O) groups excluding carboxylic acids is 2. The fourth-order valence-corrected chi connectivity index (χ4v) is 1.56. The SMILES string of the molecule is NC(=O)C(O)C(Cc1ccc([N+](=O)[O-])cc1)NC=O. The van der Waals surface area contributed by atoms with Gasteiger partial charge in [-0.05, 0) is 12.0 Å². The molecule has 4 N–H and O–H groups in total. The van der Waals surface area contributed by atoms with Crippen LogP contribution in [0.4, 0.5) is 5.69 Å². The van der Waals surface area contributed by atoms with Crippen molar-refractivity contribution >= 4 is 18.0 Å². The van der Waals surface area contributed by atoms with Crippen LogP contribution in [0.1, 0.15) is 5.56 Å². The Bertz CT molecular complexity index is 474. The van der Waals surface area contributed by atoms with E-state index in [0.717, 1.165) is 0 Å². The van der Waals surface area contributed by atoms with Crippen LogP contribution in [0.2, 0.25) is 0 Å². The van der Waals surface area contributed by atoms with E-state index >= 15 is 0 Å². The molecule has 2 atom stereocenters. The summed E-state index contributed by atoms with van der Waals surface area (Å²) in [5, 5.41) is 22.3. The Hall–Kier alpha value is -2.48. The van der Waals surface area contributed by atoms with E-state index in [1.807, 2.05) is 0 Å². The van der Waals surface area contributed by atoms with Crippen molar-refractivity contribution in [3.8, 4) is 0 Å². The van der Waals surface area contributed by atoms with E-state index in [1.54, 1.807) is 0 Å². The van der Waals surface area contributed by atoms with E-state index in [1.165, 1.54) is 24.3 Å². The zero-order valence-corrected chi connectivity index (χ0v) is 9.85. The first-order valence-corrected chi connectivity index (χ1v) is 5.36. The van der Waals surface area contributed by atoms with Gasteiger partial charge in [-0.1, -0.05) is 12.1 Å². The Balaban J connectivity index is 2.81. The largest absolute Gasteiger partial charge is 0.381 e. The number of nitrogens with two attached hydrogens (primary N) is 1. The average Bonchev–Trinajstić information content (AvgIpc) is 2.37. The maximum Gasteiger partial charge on any atom is 0.269 e. The molecule has 0 radical (unpaired) electrons. The Kier molecular flexibility index (Phi) is 4.95. The lowest BCUT2D eigenvalue weighted by atomic mass is 10.0. The lowest BCUT2D eigenvalue weighted by Crippen LogP contribution is -2.47. The first-order chi connectivity index (χ1) is 8.95. The molecule has 0 aliphatic heterocycles. The van der Waals surface area contributed by atoms with E-state index in [2.05, 4.69) is 5.32 Å². The first kappa shape index (κ1) is 14.6. The van der Waals surface area contributed by atoms with Gasteiger partial charge in [-0.15, -0.1) is 0 Å². The number of nitro groups is 1. The summed E-state index contributed by atoms with van der Waals surface area (Å²) in [7, 11) is 0. The topological polar surface area (TPSA) is 136 Å². The predicted octanol–water partition coefficient (Wildman–Crippen LogP) is -0.902. The highest BCUT2D eigenvalue weighted by Gasteiger charge is 2.23. The predicted molar refractivity (Wildman–Crippen MR) is 65.0 cm³/mol. The van der Waals surface area contributed by atoms with Crippen molar-refractivity contribution < 1.29 is 19.6 Å². The number of carbonyl (C=O) groups is 2. The molecule has 2 unspecified atom stereocenters. The van der Waals surface area contributed by atoms with Crippen LogP contribution in [-0.2, 0) is 16.0 Å².